The second-order valence-corrected chi connectivity index (χ2v) is 3.96. The molecule has 0 spiro atoms. The van der Waals surface area contributed by atoms with Crippen LogP contribution < -0.4 is 16.4 Å². The summed E-state index contributed by atoms with van der Waals surface area (Å²) in [7, 11) is 0. The molecule has 0 unspecified atom stereocenters. The van der Waals surface area contributed by atoms with Crippen LogP contribution in [0.5, 0.6) is 0 Å². The molecule has 4 N–H and O–H groups in total. The van der Waals surface area contributed by atoms with E-state index in [0.29, 0.717) is 18.4 Å². The molecule has 1 aromatic heterocycles. The summed E-state index contributed by atoms with van der Waals surface area (Å²) in [5.41, 5.74) is 6.12. The van der Waals surface area contributed by atoms with Gasteiger partial charge in [0.2, 0.25) is 0 Å². The summed E-state index contributed by atoms with van der Waals surface area (Å²) < 4.78 is 26.1. The van der Waals surface area contributed by atoms with Gasteiger partial charge in [0.1, 0.15) is 17.5 Å². The minimum Gasteiger partial charge on any atom is -0.326 e. The van der Waals surface area contributed by atoms with E-state index in [1.807, 2.05) is 0 Å². The van der Waals surface area contributed by atoms with E-state index in [-0.39, 0.29) is 5.69 Å². The molecular weight excluding hydrogens is 266 g/mol. The highest BCUT2D eigenvalue weighted by Crippen LogP contribution is 2.15. The summed E-state index contributed by atoms with van der Waals surface area (Å²) in [5, 5.41) is 4.68. The standard InChI is InChI=1S/C13H12F2N4O/c14-9-2-3-11(10(15)5-9)18-13(20)19-12-4-1-8(6-16)7-17-12/h1-5,7H,6,16H2,(H2,17,18,19,20). The van der Waals surface area contributed by atoms with Gasteiger partial charge >= 0.3 is 6.03 Å². The molecule has 2 aromatic rings. The van der Waals surface area contributed by atoms with E-state index >= 15 is 0 Å². The number of carbonyl (C=O) groups excluding carboxylic acids is 1. The summed E-state index contributed by atoms with van der Waals surface area (Å²) in [6, 6.07) is 5.47. The first kappa shape index (κ1) is 13.9. The van der Waals surface area contributed by atoms with Crippen molar-refractivity contribution >= 4 is 17.5 Å². The van der Waals surface area contributed by atoms with Crippen molar-refractivity contribution in [2.75, 3.05) is 10.6 Å². The van der Waals surface area contributed by atoms with Crippen LogP contribution in [0, 0.1) is 11.6 Å². The molecule has 104 valence electrons. The fourth-order valence-corrected chi connectivity index (χ4v) is 1.48. The maximum absolute atomic E-state index is 13.3. The molecule has 2 amide bonds. The van der Waals surface area contributed by atoms with Crippen molar-refractivity contribution in [1.82, 2.24) is 4.98 Å². The third kappa shape index (κ3) is 3.48. The molecule has 0 aliphatic carbocycles. The molecule has 0 atom stereocenters. The van der Waals surface area contributed by atoms with Gasteiger partial charge in [-0.1, -0.05) is 6.07 Å². The number of benzene rings is 1. The number of nitrogens with zero attached hydrogens (tertiary/aromatic N) is 1. The highest BCUT2D eigenvalue weighted by atomic mass is 19.1. The number of halogens is 2. The van der Waals surface area contributed by atoms with Crippen molar-refractivity contribution < 1.29 is 13.6 Å². The molecule has 0 saturated carbocycles. The molecule has 5 nitrogen and oxygen atoms in total. The highest BCUT2D eigenvalue weighted by Gasteiger charge is 2.08. The number of carbonyl (C=O) groups is 1. The second-order valence-electron chi connectivity index (χ2n) is 3.96. The third-order valence-electron chi connectivity index (χ3n) is 2.48. The van der Waals surface area contributed by atoms with E-state index < -0.39 is 17.7 Å². The Kier molecular flexibility index (Phi) is 4.21. The molecule has 0 saturated heterocycles. The maximum atomic E-state index is 13.3. The average molecular weight is 278 g/mol. The number of hydrogen-bond donors (Lipinski definition) is 3. The number of pyridine rings is 1. The minimum atomic E-state index is -0.855. The molecular formula is C13H12F2N4O. The molecule has 1 heterocycles. The Balaban J connectivity index is 2.01. The van der Waals surface area contributed by atoms with Crippen LogP contribution in [0.1, 0.15) is 5.56 Å². The van der Waals surface area contributed by atoms with Crippen LogP contribution in [0.4, 0.5) is 25.1 Å². The van der Waals surface area contributed by atoms with Crippen molar-refractivity contribution in [1.29, 1.82) is 0 Å². The van der Waals surface area contributed by atoms with Gasteiger partial charge in [-0.25, -0.2) is 18.6 Å². The molecule has 0 aliphatic heterocycles. The van der Waals surface area contributed by atoms with E-state index in [1.54, 1.807) is 12.1 Å². The number of nitrogens with one attached hydrogen (secondary N) is 2. The van der Waals surface area contributed by atoms with Gasteiger partial charge in [0.15, 0.2) is 0 Å². The second kappa shape index (κ2) is 6.07. The molecule has 20 heavy (non-hydrogen) atoms. The lowest BCUT2D eigenvalue weighted by atomic mass is 10.3. The topological polar surface area (TPSA) is 80.0 Å². The third-order valence-corrected chi connectivity index (χ3v) is 2.48. The zero-order chi connectivity index (χ0) is 14.5. The van der Waals surface area contributed by atoms with Crippen LogP contribution in [-0.2, 0) is 6.54 Å². The summed E-state index contributed by atoms with van der Waals surface area (Å²) >= 11 is 0. The fourth-order valence-electron chi connectivity index (χ4n) is 1.48. The SMILES string of the molecule is NCc1ccc(NC(=O)Nc2ccc(F)cc2F)nc1. The van der Waals surface area contributed by atoms with Crippen LogP contribution in [0.3, 0.4) is 0 Å². The van der Waals surface area contributed by atoms with Crippen molar-refractivity contribution in [3.8, 4) is 0 Å². The van der Waals surface area contributed by atoms with E-state index in [4.69, 9.17) is 5.73 Å². The first-order valence-electron chi connectivity index (χ1n) is 5.76. The van der Waals surface area contributed by atoms with E-state index in [1.165, 1.54) is 6.20 Å². The minimum absolute atomic E-state index is 0.123. The van der Waals surface area contributed by atoms with Crippen molar-refractivity contribution in [2.45, 2.75) is 6.54 Å². The molecule has 2 rings (SSSR count). The molecule has 0 bridgehead atoms. The Morgan fingerprint density at radius 1 is 1.20 bits per heavy atom. The monoisotopic (exact) mass is 278 g/mol. The zero-order valence-electron chi connectivity index (χ0n) is 10.4. The first-order chi connectivity index (χ1) is 9.58. The fraction of sp³-hybridized carbons (Fsp3) is 0.0769. The predicted octanol–water partition coefficient (Wildman–Crippen LogP) is 2.46. The Morgan fingerprint density at radius 2 is 2.00 bits per heavy atom. The van der Waals surface area contributed by atoms with E-state index in [2.05, 4.69) is 15.6 Å². The molecule has 0 aliphatic rings. The molecule has 0 fully saturated rings. The van der Waals surface area contributed by atoms with E-state index in [0.717, 1.165) is 17.7 Å². The Morgan fingerprint density at radius 3 is 2.60 bits per heavy atom. The Hall–Kier alpha value is -2.54. The predicted molar refractivity (Wildman–Crippen MR) is 71.1 cm³/mol. The quantitative estimate of drug-likeness (QED) is 0.806. The van der Waals surface area contributed by atoms with Gasteiger partial charge in [0, 0.05) is 18.8 Å². The van der Waals surface area contributed by atoms with Gasteiger partial charge < -0.3 is 11.1 Å². The first-order valence-corrected chi connectivity index (χ1v) is 5.76. The molecule has 1 aromatic carbocycles. The molecule has 7 heteroatoms. The highest BCUT2D eigenvalue weighted by molar-refractivity contribution is 5.99. The zero-order valence-corrected chi connectivity index (χ0v) is 10.4. The largest absolute Gasteiger partial charge is 0.326 e. The van der Waals surface area contributed by atoms with Gasteiger partial charge in [0.25, 0.3) is 0 Å². The van der Waals surface area contributed by atoms with Crippen molar-refractivity contribution in [2.24, 2.45) is 5.73 Å². The number of amides is 2. The maximum Gasteiger partial charge on any atom is 0.324 e. The summed E-state index contributed by atoms with van der Waals surface area (Å²) in [6.07, 6.45) is 1.52. The summed E-state index contributed by atoms with van der Waals surface area (Å²) in [6.45, 7) is 0.347. The van der Waals surface area contributed by atoms with Crippen molar-refractivity contribution in [3.05, 3.63) is 53.7 Å². The number of hydrogen-bond acceptors (Lipinski definition) is 3. The Bertz CT molecular complexity index is 616. The van der Waals surface area contributed by atoms with Crippen LogP contribution in [-0.4, -0.2) is 11.0 Å². The van der Waals surface area contributed by atoms with Crippen LogP contribution >= 0.6 is 0 Å². The summed E-state index contributed by atoms with van der Waals surface area (Å²) in [4.78, 5) is 15.6. The lowest BCUT2D eigenvalue weighted by molar-refractivity contribution is 0.262. The van der Waals surface area contributed by atoms with Gasteiger partial charge in [-0.2, -0.15) is 0 Å². The van der Waals surface area contributed by atoms with Gasteiger partial charge in [0.05, 0.1) is 5.69 Å². The van der Waals surface area contributed by atoms with Crippen LogP contribution in [0.25, 0.3) is 0 Å². The number of nitrogens with two attached hydrogens (primary N) is 1. The normalized spacial score (nSPS) is 10.2. The molecule has 0 radical (unpaired) electrons. The Labute approximate surface area is 113 Å². The number of urea groups is 1. The van der Waals surface area contributed by atoms with Gasteiger partial charge in [-0.3, -0.25) is 5.32 Å². The van der Waals surface area contributed by atoms with Crippen molar-refractivity contribution in [3.63, 3.8) is 0 Å². The van der Waals surface area contributed by atoms with Gasteiger partial charge in [-0.05, 0) is 23.8 Å². The smallest absolute Gasteiger partial charge is 0.324 e. The lowest BCUT2D eigenvalue weighted by Crippen LogP contribution is -2.20. The van der Waals surface area contributed by atoms with Gasteiger partial charge in [-0.15, -0.1) is 0 Å². The lowest BCUT2D eigenvalue weighted by Gasteiger charge is -2.08. The van der Waals surface area contributed by atoms with Crippen LogP contribution in [0.2, 0.25) is 0 Å². The summed E-state index contributed by atoms with van der Waals surface area (Å²) in [5.74, 6) is -1.28. The number of anilines is 2. The van der Waals surface area contributed by atoms with E-state index in [9.17, 15) is 13.6 Å². The number of aromatic nitrogens is 1. The number of rotatable bonds is 3. The van der Waals surface area contributed by atoms with Crippen LogP contribution in [0.15, 0.2) is 36.5 Å². The average Bonchev–Trinajstić information content (AvgIpc) is 2.43.